The summed E-state index contributed by atoms with van der Waals surface area (Å²) < 4.78 is 13.1. The molecule has 0 saturated carbocycles. The topological polar surface area (TPSA) is 32.3 Å². The van der Waals surface area contributed by atoms with Crippen molar-refractivity contribution in [1.29, 1.82) is 0 Å². The van der Waals surface area contributed by atoms with Crippen LogP contribution in [0, 0.1) is 11.7 Å². The van der Waals surface area contributed by atoms with Gasteiger partial charge < -0.3 is 5.32 Å². The molecule has 1 saturated heterocycles. The number of benzene rings is 2. The van der Waals surface area contributed by atoms with Crippen LogP contribution in [0.3, 0.4) is 0 Å². The number of piperidine rings is 1. The van der Waals surface area contributed by atoms with Crippen molar-refractivity contribution in [2.75, 3.05) is 13.1 Å². The fourth-order valence-corrected chi connectivity index (χ4v) is 3.45. The normalized spacial score (nSPS) is 15.8. The number of nitrogens with zero attached hydrogens (tertiary/aromatic N) is 1. The predicted molar refractivity (Wildman–Crippen MR) is 103 cm³/mol. The van der Waals surface area contributed by atoms with Gasteiger partial charge in [-0.25, -0.2) is 4.39 Å². The summed E-state index contributed by atoms with van der Waals surface area (Å²) in [6.07, 6.45) is 2.55. The molecule has 5 heteroatoms. The maximum Gasteiger partial charge on any atom is 0.253 e. The zero-order chi connectivity index (χ0) is 18.5. The lowest BCUT2D eigenvalue weighted by Gasteiger charge is -2.30. The molecule has 0 bridgehead atoms. The highest BCUT2D eigenvalue weighted by atomic mass is 35.5. The van der Waals surface area contributed by atoms with Gasteiger partial charge in [0.25, 0.3) is 5.91 Å². The Morgan fingerprint density at radius 2 is 1.81 bits per heavy atom. The summed E-state index contributed by atoms with van der Waals surface area (Å²) in [4.78, 5) is 14.7. The first kappa shape index (κ1) is 18.9. The van der Waals surface area contributed by atoms with E-state index in [2.05, 4.69) is 29.3 Å². The molecule has 1 amide bonds. The average Bonchev–Trinajstić information content (AvgIpc) is 2.63. The fourth-order valence-electron chi connectivity index (χ4n) is 3.19. The largest absolute Gasteiger partial charge is 0.348 e. The third-order valence-electron chi connectivity index (χ3n) is 4.93. The fraction of sp³-hybridized carbons (Fsp3) is 0.381. The third-order valence-corrected chi connectivity index (χ3v) is 5.25. The van der Waals surface area contributed by atoms with Crippen LogP contribution in [0.15, 0.2) is 42.5 Å². The molecular weight excluding hydrogens is 351 g/mol. The van der Waals surface area contributed by atoms with Crippen LogP contribution in [-0.4, -0.2) is 23.9 Å². The molecule has 0 spiro atoms. The highest BCUT2D eigenvalue weighted by molar-refractivity contribution is 6.33. The molecule has 1 heterocycles. The van der Waals surface area contributed by atoms with Crippen molar-refractivity contribution in [2.45, 2.75) is 32.9 Å². The van der Waals surface area contributed by atoms with Crippen molar-refractivity contribution in [3.8, 4) is 0 Å². The molecule has 2 aromatic carbocycles. The molecule has 2 aromatic rings. The second-order valence-corrected chi connectivity index (χ2v) is 7.49. The maximum absolute atomic E-state index is 13.1. The Morgan fingerprint density at radius 3 is 2.46 bits per heavy atom. The van der Waals surface area contributed by atoms with Crippen molar-refractivity contribution in [1.82, 2.24) is 10.2 Å². The molecule has 0 radical (unpaired) electrons. The van der Waals surface area contributed by atoms with Crippen molar-refractivity contribution in [2.24, 2.45) is 5.92 Å². The van der Waals surface area contributed by atoms with E-state index in [1.807, 2.05) is 12.1 Å². The summed E-state index contributed by atoms with van der Waals surface area (Å²) in [5, 5.41) is 2.94. The standard InChI is InChI=1S/C21H24ClFN2O/c1-15-8-10-25(11-9-15)14-17-4-2-16(3-5-17)13-24-21(26)19-7-6-18(23)12-20(19)22/h2-7,12,15H,8-11,13-14H2,1H3,(H,24,26). The van der Waals surface area contributed by atoms with E-state index < -0.39 is 5.82 Å². The van der Waals surface area contributed by atoms with Crippen LogP contribution in [0.2, 0.25) is 5.02 Å². The van der Waals surface area contributed by atoms with Crippen LogP contribution in [-0.2, 0) is 13.1 Å². The summed E-state index contributed by atoms with van der Waals surface area (Å²) in [6, 6.07) is 12.1. The smallest absolute Gasteiger partial charge is 0.253 e. The third kappa shape index (κ3) is 5.05. The lowest BCUT2D eigenvalue weighted by Crippen LogP contribution is -2.32. The Balaban J connectivity index is 1.52. The zero-order valence-electron chi connectivity index (χ0n) is 15.0. The van der Waals surface area contributed by atoms with E-state index in [1.54, 1.807) is 0 Å². The number of carbonyl (C=O) groups excluding carboxylic acids is 1. The minimum absolute atomic E-state index is 0.119. The monoisotopic (exact) mass is 374 g/mol. The molecule has 0 atom stereocenters. The average molecular weight is 375 g/mol. The second-order valence-electron chi connectivity index (χ2n) is 7.08. The van der Waals surface area contributed by atoms with Crippen molar-refractivity contribution >= 4 is 17.5 Å². The Kier molecular flexibility index (Phi) is 6.28. The zero-order valence-corrected chi connectivity index (χ0v) is 15.7. The Bertz CT molecular complexity index is 755. The van der Waals surface area contributed by atoms with Crippen LogP contribution in [0.1, 0.15) is 41.3 Å². The first-order chi connectivity index (χ1) is 12.5. The van der Waals surface area contributed by atoms with Gasteiger partial charge in [-0.2, -0.15) is 0 Å². The summed E-state index contributed by atoms with van der Waals surface area (Å²) >= 11 is 5.92. The number of nitrogens with one attached hydrogen (secondary N) is 1. The summed E-state index contributed by atoms with van der Waals surface area (Å²) in [5.74, 6) is 0.0821. The van der Waals surface area contributed by atoms with Gasteiger partial charge in [0.05, 0.1) is 10.6 Å². The molecular formula is C21H24ClFN2O. The van der Waals surface area contributed by atoms with Gasteiger partial charge in [-0.05, 0) is 61.2 Å². The summed E-state index contributed by atoms with van der Waals surface area (Å²) in [5.41, 5.74) is 2.59. The van der Waals surface area contributed by atoms with E-state index in [-0.39, 0.29) is 16.5 Å². The van der Waals surface area contributed by atoms with E-state index in [1.165, 1.54) is 30.5 Å². The van der Waals surface area contributed by atoms with Gasteiger partial charge in [0.1, 0.15) is 5.82 Å². The Labute approximate surface area is 159 Å². The van der Waals surface area contributed by atoms with Crippen molar-refractivity contribution < 1.29 is 9.18 Å². The molecule has 138 valence electrons. The number of hydrogen-bond acceptors (Lipinski definition) is 2. The molecule has 1 aliphatic rings. The summed E-state index contributed by atoms with van der Waals surface area (Å²) in [6.45, 7) is 6.03. The summed E-state index contributed by atoms with van der Waals surface area (Å²) in [7, 11) is 0. The number of halogens is 2. The van der Waals surface area contributed by atoms with Crippen LogP contribution >= 0.6 is 11.6 Å². The number of amides is 1. The lowest BCUT2D eigenvalue weighted by molar-refractivity contribution is 0.0951. The van der Waals surface area contributed by atoms with Gasteiger partial charge in [-0.1, -0.05) is 42.8 Å². The van der Waals surface area contributed by atoms with Crippen molar-refractivity contribution in [3.05, 3.63) is 70.0 Å². The van der Waals surface area contributed by atoms with Gasteiger partial charge in [0, 0.05) is 13.1 Å². The Hall–Kier alpha value is -1.91. The molecule has 1 fully saturated rings. The first-order valence-corrected chi connectivity index (χ1v) is 9.42. The van der Waals surface area contributed by atoms with E-state index in [0.717, 1.165) is 37.2 Å². The minimum Gasteiger partial charge on any atom is -0.348 e. The predicted octanol–water partition coefficient (Wildman–Crippen LogP) is 4.64. The number of rotatable bonds is 5. The highest BCUT2D eigenvalue weighted by Crippen LogP contribution is 2.19. The SMILES string of the molecule is CC1CCN(Cc2ccc(CNC(=O)c3ccc(F)cc3Cl)cc2)CC1. The van der Waals surface area contributed by atoms with Crippen LogP contribution < -0.4 is 5.32 Å². The van der Waals surface area contributed by atoms with Crippen LogP contribution in [0.4, 0.5) is 4.39 Å². The first-order valence-electron chi connectivity index (χ1n) is 9.04. The molecule has 0 aromatic heterocycles. The lowest BCUT2D eigenvalue weighted by atomic mass is 9.99. The van der Waals surface area contributed by atoms with Gasteiger partial charge in [-0.3, -0.25) is 9.69 Å². The van der Waals surface area contributed by atoms with Gasteiger partial charge >= 0.3 is 0 Å². The van der Waals surface area contributed by atoms with E-state index in [4.69, 9.17) is 11.6 Å². The maximum atomic E-state index is 13.1. The van der Waals surface area contributed by atoms with Gasteiger partial charge in [-0.15, -0.1) is 0 Å². The number of likely N-dealkylation sites (tertiary alicyclic amines) is 1. The molecule has 3 nitrogen and oxygen atoms in total. The van der Waals surface area contributed by atoms with Crippen LogP contribution in [0.25, 0.3) is 0 Å². The quantitative estimate of drug-likeness (QED) is 0.826. The Morgan fingerprint density at radius 1 is 1.15 bits per heavy atom. The molecule has 1 aliphatic heterocycles. The minimum atomic E-state index is -0.453. The molecule has 0 unspecified atom stereocenters. The van der Waals surface area contributed by atoms with E-state index in [9.17, 15) is 9.18 Å². The van der Waals surface area contributed by atoms with E-state index in [0.29, 0.717) is 6.54 Å². The highest BCUT2D eigenvalue weighted by Gasteiger charge is 2.15. The van der Waals surface area contributed by atoms with Crippen LogP contribution in [0.5, 0.6) is 0 Å². The number of hydrogen-bond donors (Lipinski definition) is 1. The molecule has 0 aliphatic carbocycles. The molecule has 1 N–H and O–H groups in total. The van der Waals surface area contributed by atoms with Crippen molar-refractivity contribution in [3.63, 3.8) is 0 Å². The van der Waals surface area contributed by atoms with Gasteiger partial charge in [0.15, 0.2) is 0 Å². The van der Waals surface area contributed by atoms with E-state index >= 15 is 0 Å². The molecule has 3 rings (SSSR count). The second kappa shape index (κ2) is 8.65. The number of carbonyl (C=O) groups is 1. The van der Waals surface area contributed by atoms with Gasteiger partial charge in [0.2, 0.25) is 0 Å². The molecule has 26 heavy (non-hydrogen) atoms.